The molecule has 0 aliphatic rings. The topological polar surface area (TPSA) is 59.6 Å². The van der Waals surface area contributed by atoms with Crippen LogP contribution in [0, 0.1) is 12.8 Å². The summed E-state index contributed by atoms with van der Waals surface area (Å²) in [5.74, 6) is 1.02. The molecular weight excluding hydrogens is 403 g/mol. The van der Waals surface area contributed by atoms with Crippen LogP contribution in [-0.2, 0) is 6.54 Å². The smallest absolute Gasteiger partial charge is 0.387 e. The number of benzene rings is 1. The molecule has 0 radical (unpaired) electrons. The number of nitrogens with one attached hydrogen (secondary N) is 1. The molecule has 0 aliphatic carbocycles. The molecule has 0 bridgehead atoms. The summed E-state index contributed by atoms with van der Waals surface area (Å²) in [5, 5.41) is 3.00. The molecule has 0 heterocycles. The summed E-state index contributed by atoms with van der Waals surface area (Å²) in [7, 11) is 0. The van der Waals surface area contributed by atoms with Crippen molar-refractivity contribution in [2.24, 2.45) is 16.6 Å². The Balaban J connectivity index is 0.00000441. The van der Waals surface area contributed by atoms with Crippen molar-refractivity contribution >= 4 is 29.9 Å². The van der Waals surface area contributed by atoms with Crippen LogP contribution in [0.4, 0.5) is 8.78 Å². The molecule has 4 nitrogen and oxygen atoms in total. The van der Waals surface area contributed by atoms with Crippen molar-refractivity contribution in [3.63, 3.8) is 0 Å². The zero-order valence-corrected chi connectivity index (χ0v) is 15.4. The van der Waals surface area contributed by atoms with Gasteiger partial charge >= 0.3 is 6.61 Å². The molecule has 1 aromatic carbocycles. The first-order valence-corrected chi connectivity index (χ1v) is 6.96. The molecule has 0 aliphatic heterocycles. The quantitative estimate of drug-likeness (QED) is 0.397. The summed E-state index contributed by atoms with van der Waals surface area (Å²) in [6.45, 7) is 4.21. The number of halogens is 3. The second-order valence-corrected chi connectivity index (χ2v) is 5.30. The van der Waals surface area contributed by atoms with Gasteiger partial charge in [-0.1, -0.05) is 31.5 Å². The highest BCUT2D eigenvalue weighted by Gasteiger charge is 2.09. The van der Waals surface area contributed by atoms with Gasteiger partial charge in [0.2, 0.25) is 0 Å². The van der Waals surface area contributed by atoms with Crippen molar-refractivity contribution in [1.82, 2.24) is 5.32 Å². The van der Waals surface area contributed by atoms with Crippen LogP contribution >= 0.6 is 24.0 Å². The van der Waals surface area contributed by atoms with Gasteiger partial charge in [0, 0.05) is 12.1 Å². The maximum atomic E-state index is 12.3. The maximum absolute atomic E-state index is 12.3. The van der Waals surface area contributed by atoms with E-state index in [1.807, 2.05) is 6.92 Å². The van der Waals surface area contributed by atoms with Crippen LogP contribution in [0.5, 0.6) is 5.75 Å². The summed E-state index contributed by atoms with van der Waals surface area (Å²) < 4.78 is 29.2. The summed E-state index contributed by atoms with van der Waals surface area (Å²) >= 11 is 0. The number of aryl methyl sites for hydroxylation is 1. The third-order valence-corrected chi connectivity index (χ3v) is 2.88. The fraction of sp³-hybridized carbons (Fsp3) is 0.533. The average molecular weight is 427 g/mol. The lowest BCUT2D eigenvalue weighted by atomic mass is 10.1. The van der Waals surface area contributed by atoms with Crippen molar-refractivity contribution in [2.75, 3.05) is 6.54 Å². The first kappa shape index (κ1) is 20.9. The molecule has 0 saturated carbocycles. The van der Waals surface area contributed by atoms with E-state index < -0.39 is 6.61 Å². The van der Waals surface area contributed by atoms with E-state index in [1.54, 1.807) is 12.1 Å². The van der Waals surface area contributed by atoms with Crippen molar-refractivity contribution in [3.8, 4) is 5.75 Å². The summed E-state index contributed by atoms with van der Waals surface area (Å²) in [6.07, 6.45) is 0.987. The molecule has 22 heavy (non-hydrogen) atoms. The second-order valence-electron chi connectivity index (χ2n) is 5.30. The van der Waals surface area contributed by atoms with Gasteiger partial charge in [0.1, 0.15) is 5.75 Å². The third-order valence-electron chi connectivity index (χ3n) is 2.88. The molecule has 7 heteroatoms. The Morgan fingerprint density at radius 3 is 2.64 bits per heavy atom. The molecule has 0 spiro atoms. The minimum absolute atomic E-state index is 0. The van der Waals surface area contributed by atoms with Crippen LogP contribution in [0.1, 0.15) is 31.4 Å². The van der Waals surface area contributed by atoms with Gasteiger partial charge < -0.3 is 15.8 Å². The molecule has 3 N–H and O–H groups in total. The summed E-state index contributed by atoms with van der Waals surface area (Å²) in [4.78, 5) is 4.16. The van der Waals surface area contributed by atoms with Gasteiger partial charge in [-0.3, -0.25) is 0 Å². The first-order valence-electron chi connectivity index (χ1n) is 6.96. The monoisotopic (exact) mass is 427 g/mol. The largest absolute Gasteiger partial charge is 0.434 e. The number of hydrogen-bond donors (Lipinski definition) is 2. The fourth-order valence-electron chi connectivity index (χ4n) is 1.76. The normalized spacial score (nSPS) is 11.5. The van der Waals surface area contributed by atoms with Crippen LogP contribution in [0.2, 0.25) is 0 Å². The van der Waals surface area contributed by atoms with Crippen molar-refractivity contribution < 1.29 is 13.5 Å². The molecule has 0 atom stereocenters. The zero-order chi connectivity index (χ0) is 15.8. The fourth-order valence-corrected chi connectivity index (χ4v) is 1.76. The number of alkyl halides is 2. The Bertz CT molecular complexity index is 482. The number of rotatable bonds is 7. The second kappa shape index (κ2) is 10.6. The Kier molecular flexibility index (Phi) is 10.0. The predicted molar refractivity (Wildman–Crippen MR) is 96.0 cm³/mol. The van der Waals surface area contributed by atoms with E-state index >= 15 is 0 Å². The highest BCUT2D eigenvalue weighted by molar-refractivity contribution is 14.0. The molecule has 0 fully saturated rings. The van der Waals surface area contributed by atoms with Gasteiger partial charge in [-0.05, 0) is 25.3 Å². The van der Waals surface area contributed by atoms with E-state index in [1.165, 1.54) is 6.07 Å². The lowest BCUT2D eigenvalue weighted by Gasteiger charge is -2.11. The van der Waals surface area contributed by atoms with Crippen molar-refractivity contribution in [1.29, 1.82) is 0 Å². The van der Waals surface area contributed by atoms with E-state index in [-0.39, 0.29) is 36.3 Å². The summed E-state index contributed by atoms with van der Waals surface area (Å²) in [6, 6.07) is 5.01. The van der Waals surface area contributed by atoms with Gasteiger partial charge in [0.15, 0.2) is 5.96 Å². The number of guanidine groups is 1. The Labute approximate surface area is 147 Å². The molecule has 1 rings (SSSR count). The van der Waals surface area contributed by atoms with E-state index in [0.717, 1.165) is 18.5 Å². The van der Waals surface area contributed by atoms with E-state index in [2.05, 4.69) is 28.9 Å². The molecule has 1 aromatic rings. The van der Waals surface area contributed by atoms with Crippen LogP contribution in [0.3, 0.4) is 0 Å². The molecule has 126 valence electrons. The SMILES string of the molecule is Cc1ccc(OC(F)F)c(CN=C(N)NCCC(C)C)c1.I. The zero-order valence-electron chi connectivity index (χ0n) is 13.1. The molecule has 0 amide bonds. The maximum Gasteiger partial charge on any atom is 0.387 e. The minimum Gasteiger partial charge on any atom is -0.434 e. The van der Waals surface area contributed by atoms with Crippen molar-refractivity contribution in [2.45, 2.75) is 40.3 Å². The van der Waals surface area contributed by atoms with Gasteiger partial charge in [0.25, 0.3) is 0 Å². The number of nitrogens with two attached hydrogens (primary N) is 1. The minimum atomic E-state index is -2.85. The number of aliphatic imine (C=N–C) groups is 1. The number of ether oxygens (including phenoxy) is 1. The Morgan fingerprint density at radius 1 is 1.36 bits per heavy atom. The highest BCUT2D eigenvalue weighted by Crippen LogP contribution is 2.22. The van der Waals surface area contributed by atoms with E-state index in [9.17, 15) is 8.78 Å². The Morgan fingerprint density at radius 2 is 2.05 bits per heavy atom. The van der Waals surface area contributed by atoms with Gasteiger partial charge in [-0.25, -0.2) is 4.99 Å². The van der Waals surface area contributed by atoms with Crippen LogP contribution in [0.25, 0.3) is 0 Å². The van der Waals surface area contributed by atoms with E-state index in [0.29, 0.717) is 17.4 Å². The molecular formula is C15H24F2IN3O. The number of nitrogens with zero attached hydrogens (tertiary/aromatic N) is 1. The van der Waals surface area contributed by atoms with Crippen LogP contribution < -0.4 is 15.8 Å². The third kappa shape index (κ3) is 8.35. The highest BCUT2D eigenvalue weighted by atomic mass is 127. The molecule has 0 aromatic heterocycles. The van der Waals surface area contributed by atoms with Crippen molar-refractivity contribution in [3.05, 3.63) is 29.3 Å². The van der Waals surface area contributed by atoms with Gasteiger partial charge in [-0.2, -0.15) is 8.78 Å². The van der Waals surface area contributed by atoms with Crippen LogP contribution in [-0.4, -0.2) is 19.1 Å². The first-order chi connectivity index (χ1) is 9.88. The lowest BCUT2D eigenvalue weighted by molar-refractivity contribution is -0.0504. The Hall–Kier alpha value is -1.12. The standard InChI is InChI=1S/C15H23F2N3O.HI/c1-10(2)6-7-19-15(18)20-9-12-8-11(3)4-5-13(12)21-14(16)17;/h4-5,8,10,14H,6-7,9H2,1-3H3,(H3,18,19,20);1H. The predicted octanol–water partition coefficient (Wildman–Crippen LogP) is 3.66. The number of hydrogen-bond acceptors (Lipinski definition) is 2. The van der Waals surface area contributed by atoms with E-state index in [4.69, 9.17) is 5.73 Å². The van der Waals surface area contributed by atoms with Gasteiger partial charge in [0.05, 0.1) is 6.54 Å². The molecule has 0 saturated heterocycles. The summed E-state index contributed by atoms with van der Waals surface area (Å²) in [5.41, 5.74) is 7.29. The van der Waals surface area contributed by atoms with Crippen LogP contribution in [0.15, 0.2) is 23.2 Å². The average Bonchev–Trinajstić information content (AvgIpc) is 2.38. The lowest BCUT2D eigenvalue weighted by Crippen LogP contribution is -2.32. The molecule has 0 unspecified atom stereocenters. The van der Waals surface area contributed by atoms with Gasteiger partial charge in [-0.15, -0.1) is 24.0 Å².